The summed E-state index contributed by atoms with van der Waals surface area (Å²) in [6, 6.07) is 1.59. The minimum Gasteiger partial charge on any atom is -0.386 e. The van der Waals surface area contributed by atoms with Crippen molar-refractivity contribution in [1.29, 1.82) is 0 Å². The van der Waals surface area contributed by atoms with Crippen molar-refractivity contribution < 1.29 is 13.5 Å². The van der Waals surface area contributed by atoms with Gasteiger partial charge >= 0.3 is 0 Å². The molecule has 1 aromatic rings. The van der Waals surface area contributed by atoms with Gasteiger partial charge < -0.3 is 5.11 Å². The van der Waals surface area contributed by atoms with Crippen LogP contribution in [0.5, 0.6) is 0 Å². The number of nitrogens with zero attached hydrogens (tertiary/aromatic N) is 2. The molecule has 1 atom stereocenters. The SMILES string of the molecule is Cn1nccc1C(O)CS(C)(=O)=O. The zero-order valence-electron chi connectivity index (χ0n) is 7.51. The molecule has 1 unspecified atom stereocenters. The molecule has 0 bridgehead atoms. The second kappa shape index (κ2) is 3.47. The van der Waals surface area contributed by atoms with Crippen molar-refractivity contribution in [2.75, 3.05) is 12.0 Å². The second-order valence-corrected chi connectivity index (χ2v) is 5.17. The molecule has 0 fully saturated rings. The Morgan fingerprint density at radius 3 is 2.69 bits per heavy atom. The lowest BCUT2D eigenvalue weighted by atomic mass is 10.3. The molecule has 1 aromatic heterocycles. The lowest BCUT2D eigenvalue weighted by Gasteiger charge is -2.08. The van der Waals surface area contributed by atoms with Crippen LogP contribution in [-0.4, -0.2) is 35.3 Å². The Morgan fingerprint density at radius 2 is 2.31 bits per heavy atom. The van der Waals surface area contributed by atoms with Crippen LogP contribution in [0.1, 0.15) is 11.8 Å². The zero-order valence-corrected chi connectivity index (χ0v) is 8.32. The molecule has 0 amide bonds. The third-order valence-electron chi connectivity index (χ3n) is 1.66. The first-order valence-corrected chi connectivity index (χ1v) is 5.80. The fraction of sp³-hybridized carbons (Fsp3) is 0.571. The van der Waals surface area contributed by atoms with Gasteiger partial charge in [-0.05, 0) is 6.07 Å². The van der Waals surface area contributed by atoms with E-state index in [-0.39, 0.29) is 5.75 Å². The second-order valence-electron chi connectivity index (χ2n) is 2.99. The number of aliphatic hydroxyl groups excluding tert-OH is 1. The van der Waals surface area contributed by atoms with Crippen LogP contribution in [-0.2, 0) is 16.9 Å². The van der Waals surface area contributed by atoms with Crippen LogP contribution in [0.25, 0.3) is 0 Å². The van der Waals surface area contributed by atoms with Gasteiger partial charge in [0.15, 0.2) is 0 Å². The number of sulfone groups is 1. The molecule has 5 nitrogen and oxygen atoms in total. The Morgan fingerprint density at radius 1 is 1.69 bits per heavy atom. The van der Waals surface area contributed by atoms with Gasteiger partial charge in [0.1, 0.15) is 15.9 Å². The van der Waals surface area contributed by atoms with E-state index in [2.05, 4.69) is 5.10 Å². The topological polar surface area (TPSA) is 72.2 Å². The Labute approximate surface area is 76.9 Å². The maximum atomic E-state index is 10.9. The largest absolute Gasteiger partial charge is 0.386 e. The Balaban J connectivity index is 2.81. The summed E-state index contributed by atoms with van der Waals surface area (Å²) in [6.07, 6.45) is 1.61. The van der Waals surface area contributed by atoms with Crippen LogP contribution in [0.2, 0.25) is 0 Å². The Kier molecular flexibility index (Phi) is 2.72. The van der Waals surface area contributed by atoms with Crippen molar-refractivity contribution in [3.63, 3.8) is 0 Å². The zero-order chi connectivity index (χ0) is 10.1. The highest BCUT2D eigenvalue weighted by molar-refractivity contribution is 7.90. The van der Waals surface area contributed by atoms with Crippen molar-refractivity contribution in [1.82, 2.24) is 9.78 Å². The monoisotopic (exact) mass is 204 g/mol. The van der Waals surface area contributed by atoms with Gasteiger partial charge in [0.2, 0.25) is 0 Å². The molecule has 74 valence electrons. The highest BCUT2D eigenvalue weighted by Gasteiger charge is 2.16. The Bertz CT molecular complexity index is 382. The van der Waals surface area contributed by atoms with Gasteiger partial charge in [-0.3, -0.25) is 4.68 Å². The van der Waals surface area contributed by atoms with Crippen molar-refractivity contribution >= 4 is 9.84 Å². The minimum atomic E-state index is -3.16. The molecule has 0 spiro atoms. The van der Waals surface area contributed by atoms with E-state index in [0.29, 0.717) is 5.69 Å². The van der Waals surface area contributed by atoms with Gasteiger partial charge in [0.05, 0.1) is 11.4 Å². The molecule has 1 rings (SSSR count). The summed E-state index contributed by atoms with van der Waals surface area (Å²) in [5.41, 5.74) is 0.505. The fourth-order valence-electron chi connectivity index (χ4n) is 1.08. The third-order valence-corrected chi connectivity index (χ3v) is 2.58. The van der Waals surface area contributed by atoms with E-state index >= 15 is 0 Å². The maximum Gasteiger partial charge on any atom is 0.150 e. The summed E-state index contributed by atoms with van der Waals surface area (Å²) in [5.74, 6) is -0.271. The van der Waals surface area contributed by atoms with Crippen LogP contribution < -0.4 is 0 Å². The summed E-state index contributed by atoms with van der Waals surface area (Å²) in [4.78, 5) is 0. The smallest absolute Gasteiger partial charge is 0.150 e. The summed E-state index contributed by atoms with van der Waals surface area (Å²) in [6.45, 7) is 0. The molecule has 0 aliphatic rings. The highest BCUT2D eigenvalue weighted by atomic mass is 32.2. The molecule has 0 saturated carbocycles. The summed E-state index contributed by atoms with van der Waals surface area (Å²) in [7, 11) is -1.50. The van der Waals surface area contributed by atoms with E-state index in [0.717, 1.165) is 6.26 Å². The van der Waals surface area contributed by atoms with E-state index in [1.807, 2.05) is 0 Å². The molecule has 0 saturated heterocycles. The quantitative estimate of drug-likeness (QED) is 0.720. The maximum absolute atomic E-state index is 10.9. The molecular formula is C7H12N2O3S. The molecule has 0 aliphatic carbocycles. The molecule has 0 aromatic carbocycles. The van der Waals surface area contributed by atoms with E-state index < -0.39 is 15.9 Å². The lowest BCUT2D eigenvalue weighted by Crippen LogP contribution is -2.15. The van der Waals surface area contributed by atoms with Gasteiger partial charge in [0, 0.05) is 19.5 Å². The molecule has 6 heteroatoms. The first-order valence-electron chi connectivity index (χ1n) is 3.74. The van der Waals surface area contributed by atoms with Crippen LogP contribution in [0.4, 0.5) is 0 Å². The molecular weight excluding hydrogens is 192 g/mol. The minimum absolute atomic E-state index is 0.271. The van der Waals surface area contributed by atoms with Gasteiger partial charge in [-0.2, -0.15) is 5.10 Å². The van der Waals surface area contributed by atoms with Gasteiger partial charge in [-0.1, -0.05) is 0 Å². The van der Waals surface area contributed by atoms with E-state index in [1.165, 1.54) is 10.9 Å². The van der Waals surface area contributed by atoms with Crippen molar-refractivity contribution in [3.05, 3.63) is 18.0 Å². The van der Waals surface area contributed by atoms with Gasteiger partial charge in [-0.15, -0.1) is 0 Å². The number of hydrogen-bond acceptors (Lipinski definition) is 4. The standard InChI is InChI=1S/C7H12N2O3S/c1-9-6(3-4-8-9)7(10)5-13(2,11)12/h3-4,7,10H,5H2,1-2H3. The van der Waals surface area contributed by atoms with Gasteiger partial charge in [0.25, 0.3) is 0 Å². The fourth-order valence-corrected chi connectivity index (χ4v) is 1.83. The first kappa shape index (κ1) is 10.2. The van der Waals surface area contributed by atoms with Crippen molar-refractivity contribution in [2.45, 2.75) is 6.10 Å². The molecule has 0 radical (unpaired) electrons. The normalized spacial score (nSPS) is 14.4. The van der Waals surface area contributed by atoms with E-state index in [4.69, 9.17) is 0 Å². The third kappa shape index (κ3) is 2.82. The lowest BCUT2D eigenvalue weighted by molar-refractivity contribution is 0.191. The number of aromatic nitrogens is 2. The van der Waals surface area contributed by atoms with Crippen LogP contribution in [0, 0.1) is 0 Å². The van der Waals surface area contributed by atoms with Crippen molar-refractivity contribution in [3.8, 4) is 0 Å². The molecule has 0 aliphatic heterocycles. The number of hydrogen-bond donors (Lipinski definition) is 1. The Hall–Kier alpha value is -0.880. The number of aryl methyl sites for hydroxylation is 1. The summed E-state index contributed by atoms with van der Waals surface area (Å²) >= 11 is 0. The molecule has 1 N–H and O–H groups in total. The van der Waals surface area contributed by atoms with Crippen molar-refractivity contribution in [2.24, 2.45) is 7.05 Å². The average molecular weight is 204 g/mol. The van der Waals surface area contributed by atoms with Crippen LogP contribution in [0.15, 0.2) is 12.3 Å². The summed E-state index contributed by atoms with van der Waals surface area (Å²) < 4.78 is 23.2. The number of aliphatic hydroxyl groups is 1. The molecule has 13 heavy (non-hydrogen) atoms. The van der Waals surface area contributed by atoms with Gasteiger partial charge in [-0.25, -0.2) is 8.42 Å². The van der Waals surface area contributed by atoms with E-state index in [9.17, 15) is 13.5 Å². The van der Waals surface area contributed by atoms with Crippen LogP contribution >= 0.6 is 0 Å². The van der Waals surface area contributed by atoms with E-state index in [1.54, 1.807) is 13.1 Å². The predicted molar refractivity (Wildman–Crippen MR) is 47.9 cm³/mol. The highest BCUT2D eigenvalue weighted by Crippen LogP contribution is 2.12. The summed E-state index contributed by atoms with van der Waals surface area (Å²) in [5, 5.41) is 13.3. The molecule has 1 heterocycles. The first-order chi connectivity index (χ1) is 5.90. The average Bonchev–Trinajstić information content (AvgIpc) is 2.30. The van der Waals surface area contributed by atoms with Crippen LogP contribution in [0.3, 0.4) is 0 Å². The predicted octanol–water partition coefficient (Wildman–Crippen LogP) is -0.502. The number of rotatable bonds is 3.